The standard InChI is InChI=1S/C9H15NO2.ClH/c1-2-12-9(11)7-5-3-4-6-8(7)10;/h3-4,7-8H,2,5-6,10H2,1H3;1H. The SMILES string of the molecule is CCOC(=O)C1CC=CCC1N.Cl. The molecule has 0 saturated heterocycles. The molecule has 1 aliphatic rings. The molecule has 2 unspecified atom stereocenters. The second kappa shape index (κ2) is 6.00. The third kappa shape index (κ3) is 3.36. The third-order valence-corrected chi connectivity index (χ3v) is 2.07. The van der Waals surface area contributed by atoms with Crippen molar-refractivity contribution in [3.8, 4) is 0 Å². The molecular weight excluding hydrogens is 190 g/mol. The quantitative estimate of drug-likeness (QED) is 0.546. The van der Waals surface area contributed by atoms with Gasteiger partial charge < -0.3 is 10.5 Å². The number of nitrogens with two attached hydrogens (primary N) is 1. The normalized spacial score (nSPS) is 26.3. The van der Waals surface area contributed by atoms with E-state index in [-0.39, 0.29) is 30.3 Å². The fourth-order valence-electron chi connectivity index (χ4n) is 1.36. The number of hydrogen-bond donors (Lipinski definition) is 1. The summed E-state index contributed by atoms with van der Waals surface area (Å²) < 4.78 is 4.90. The van der Waals surface area contributed by atoms with E-state index in [4.69, 9.17) is 10.5 Å². The van der Waals surface area contributed by atoms with Crippen LogP contribution in [0.5, 0.6) is 0 Å². The average Bonchev–Trinajstić information content (AvgIpc) is 2.05. The van der Waals surface area contributed by atoms with Crippen molar-refractivity contribution in [3.05, 3.63) is 12.2 Å². The van der Waals surface area contributed by atoms with Crippen molar-refractivity contribution in [1.82, 2.24) is 0 Å². The van der Waals surface area contributed by atoms with Gasteiger partial charge in [-0.25, -0.2) is 0 Å². The van der Waals surface area contributed by atoms with Crippen molar-refractivity contribution in [3.63, 3.8) is 0 Å². The van der Waals surface area contributed by atoms with E-state index in [9.17, 15) is 4.79 Å². The minimum absolute atomic E-state index is 0. The number of rotatable bonds is 2. The van der Waals surface area contributed by atoms with E-state index in [1.165, 1.54) is 0 Å². The van der Waals surface area contributed by atoms with Crippen LogP contribution in [0.4, 0.5) is 0 Å². The maximum Gasteiger partial charge on any atom is 0.310 e. The highest BCUT2D eigenvalue weighted by Crippen LogP contribution is 2.18. The average molecular weight is 206 g/mol. The first-order valence-electron chi connectivity index (χ1n) is 4.33. The summed E-state index contributed by atoms with van der Waals surface area (Å²) in [6.45, 7) is 2.24. The van der Waals surface area contributed by atoms with Crippen LogP contribution in [0.15, 0.2) is 12.2 Å². The van der Waals surface area contributed by atoms with E-state index >= 15 is 0 Å². The number of esters is 1. The van der Waals surface area contributed by atoms with E-state index < -0.39 is 0 Å². The lowest BCUT2D eigenvalue weighted by Gasteiger charge is -2.22. The van der Waals surface area contributed by atoms with Crippen molar-refractivity contribution in [1.29, 1.82) is 0 Å². The summed E-state index contributed by atoms with van der Waals surface area (Å²) in [5.74, 6) is -0.288. The van der Waals surface area contributed by atoms with Crippen molar-refractivity contribution >= 4 is 18.4 Å². The van der Waals surface area contributed by atoms with Crippen molar-refractivity contribution in [2.24, 2.45) is 11.7 Å². The first-order valence-corrected chi connectivity index (χ1v) is 4.33. The number of hydrogen-bond acceptors (Lipinski definition) is 3. The predicted octanol–water partition coefficient (Wildman–Crippen LogP) is 1.26. The molecule has 13 heavy (non-hydrogen) atoms. The smallest absolute Gasteiger partial charge is 0.310 e. The Morgan fingerprint density at radius 1 is 1.54 bits per heavy atom. The van der Waals surface area contributed by atoms with Gasteiger partial charge in [-0.05, 0) is 19.8 Å². The topological polar surface area (TPSA) is 52.3 Å². The predicted molar refractivity (Wildman–Crippen MR) is 53.7 cm³/mol. The monoisotopic (exact) mass is 205 g/mol. The maximum atomic E-state index is 11.3. The molecular formula is C9H16ClNO2. The van der Waals surface area contributed by atoms with Gasteiger partial charge in [-0.1, -0.05) is 12.2 Å². The van der Waals surface area contributed by atoms with Crippen LogP contribution in [0.3, 0.4) is 0 Å². The fourth-order valence-corrected chi connectivity index (χ4v) is 1.36. The van der Waals surface area contributed by atoms with Gasteiger partial charge in [-0.2, -0.15) is 0 Å². The molecule has 1 aliphatic carbocycles. The van der Waals surface area contributed by atoms with Gasteiger partial charge >= 0.3 is 5.97 Å². The maximum absolute atomic E-state index is 11.3. The zero-order valence-corrected chi connectivity index (χ0v) is 8.55. The van der Waals surface area contributed by atoms with Crippen LogP contribution < -0.4 is 5.73 Å². The Labute approximate surface area is 84.7 Å². The summed E-state index contributed by atoms with van der Waals surface area (Å²) in [6, 6.07) is -0.0611. The highest BCUT2D eigenvalue weighted by atomic mass is 35.5. The summed E-state index contributed by atoms with van der Waals surface area (Å²) >= 11 is 0. The molecule has 4 heteroatoms. The molecule has 2 atom stereocenters. The summed E-state index contributed by atoms with van der Waals surface area (Å²) in [6.07, 6.45) is 5.51. The molecule has 0 spiro atoms. The molecule has 0 fully saturated rings. The van der Waals surface area contributed by atoms with Gasteiger partial charge in [0.2, 0.25) is 0 Å². The number of allylic oxidation sites excluding steroid dienone is 1. The number of carbonyl (C=O) groups is 1. The van der Waals surface area contributed by atoms with E-state index in [0.717, 1.165) is 12.8 Å². The molecule has 2 N–H and O–H groups in total. The second-order valence-corrected chi connectivity index (χ2v) is 2.97. The molecule has 1 rings (SSSR count). The summed E-state index contributed by atoms with van der Waals surface area (Å²) in [7, 11) is 0. The van der Waals surface area contributed by atoms with Gasteiger partial charge in [0.05, 0.1) is 12.5 Å². The molecule has 0 bridgehead atoms. The van der Waals surface area contributed by atoms with Gasteiger partial charge in [-0.15, -0.1) is 12.4 Å². The van der Waals surface area contributed by atoms with E-state index in [1.54, 1.807) is 0 Å². The Bertz CT molecular complexity index is 194. The van der Waals surface area contributed by atoms with Crippen LogP contribution in [0.25, 0.3) is 0 Å². The Balaban J connectivity index is 0.00000144. The molecule has 0 heterocycles. The lowest BCUT2D eigenvalue weighted by molar-refractivity contribution is -0.148. The Hall–Kier alpha value is -0.540. The highest BCUT2D eigenvalue weighted by molar-refractivity contribution is 5.85. The van der Waals surface area contributed by atoms with Gasteiger partial charge in [0.15, 0.2) is 0 Å². The van der Waals surface area contributed by atoms with E-state index in [0.29, 0.717) is 6.61 Å². The minimum atomic E-state index is -0.158. The molecule has 3 nitrogen and oxygen atoms in total. The lowest BCUT2D eigenvalue weighted by Crippen LogP contribution is -2.37. The van der Waals surface area contributed by atoms with Crippen LogP contribution in [0.1, 0.15) is 19.8 Å². The summed E-state index contributed by atoms with van der Waals surface area (Å²) in [5, 5.41) is 0. The molecule has 0 saturated carbocycles. The zero-order chi connectivity index (χ0) is 8.97. The number of halogens is 1. The highest BCUT2D eigenvalue weighted by Gasteiger charge is 2.26. The zero-order valence-electron chi connectivity index (χ0n) is 7.73. The Morgan fingerprint density at radius 2 is 2.15 bits per heavy atom. The molecule has 76 valence electrons. The Morgan fingerprint density at radius 3 is 2.69 bits per heavy atom. The second-order valence-electron chi connectivity index (χ2n) is 2.97. The van der Waals surface area contributed by atoms with Gasteiger partial charge in [0.1, 0.15) is 0 Å². The lowest BCUT2D eigenvalue weighted by atomic mass is 9.90. The van der Waals surface area contributed by atoms with Crippen LogP contribution in [0.2, 0.25) is 0 Å². The van der Waals surface area contributed by atoms with Crippen molar-refractivity contribution < 1.29 is 9.53 Å². The fraction of sp³-hybridized carbons (Fsp3) is 0.667. The molecule has 0 aromatic rings. The Kier molecular flexibility index (Phi) is 5.75. The van der Waals surface area contributed by atoms with Crippen molar-refractivity contribution in [2.45, 2.75) is 25.8 Å². The van der Waals surface area contributed by atoms with E-state index in [1.807, 2.05) is 19.1 Å². The first-order chi connectivity index (χ1) is 5.75. The third-order valence-electron chi connectivity index (χ3n) is 2.07. The van der Waals surface area contributed by atoms with Gasteiger partial charge in [0.25, 0.3) is 0 Å². The minimum Gasteiger partial charge on any atom is -0.466 e. The largest absolute Gasteiger partial charge is 0.466 e. The molecule has 0 aliphatic heterocycles. The van der Waals surface area contributed by atoms with Gasteiger partial charge in [0, 0.05) is 6.04 Å². The summed E-state index contributed by atoms with van der Waals surface area (Å²) in [5.41, 5.74) is 5.76. The molecule has 0 aromatic carbocycles. The van der Waals surface area contributed by atoms with Crippen LogP contribution in [-0.2, 0) is 9.53 Å². The molecule has 0 radical (unpaired) electrons. The number of ether oxygens (including phenoxy) is 1. The van der Waals surface area contributed by atoms with E-state index in [2.05, 4.69) is 0 Å². The van der Waals surface area contributed by atoms with Crippen LogP contribution >= 0.6 is 12.4 Å². The van der Waals surface area contributed by atoms with Crippen molar-refractivity contribution in [2.75, 3.05) is 6.61 Å². The summed E-state index contributed by atoms with van der Waals surface area (Å²) in [4.78, 5) is 11.3. The molecule has 0 aromatic heterocycles. The van der Waals surface area contributed by atoms with Crippen LogP contribution in [0, 0.1) is 5.92 Å². The molecule has 0 amide bonds. The van der Waals surface area contributed by atoms with Gasteiger partial charge in [-0.3, -0.25) is 4.79 Å². The van der Waals surface area contributed by atoms with Crippen LogP contribution in [-0.4, -0.2) is 18.6 Å². The first kappa shape index (κ1) is 12.5. The number of carbonyl (C=O) groups excluding carboxylic acids is 1.